The predicted molar refractivity (Wildman–Crippen MR) is 51.0 cm³/mol. The molecule has 88 valence electrons. The van der Waals surface area contributed by atoms with Gasteiger partial charge in [-0.15, -0.1) is 6.42 Å². The minimum absolute atomic E-state index is 0. The van der Waals surface area contributed by atoms with Gasteiger partial charge >= 0.3 is 5.97 Å². The van der Waals surface area contributed by atoms with Crippen molar-refractivity contribution in [3.05, 3.63) is 6.92 Å². The van der Waals surface area contributed by atoms with E-state index < -0.39 is 0 Å². The van der Waals surface area contributed by atoms with Crippen molar-refractivity contribution in [1.29, 1.82) is 0 Å². The molecule has 0 heterocycles. The van der Waals surface area contributed by atoms with E-state index in [1.807, 2.05) is 0 Å². The van der Waals surface area contributed by atoms with Gasteiger partial charge in [0.2, 0.25) is 0 Å². The third-order valence-electron chi connectivity index (χ3n) is 0.450. The predicted octanol–water partition coefficient (Wildman–Crippen LogP) is -0.403. The van der Waals surface area contributed by atoms with Crippen molar-refractivity contribution in [3.8, 4) is 0 Å². The Hall–Kier alpha value is 0.0643. The second-order valence-corrected chi connectivity index (χ2v) is 1.19. The van der Waals surface area contributed by atoms with Crippen LogP contribution in [0.4, 0.5) is 0 Å². The quantitative estimate of drug-likeness (QED) is 0.350. The summed E-state index contributed by atoms with van der Waals surface area (Å²) in [5.74, 6) is -0.233. The van der Waals surface area contributed by atoms with Crippen LogP contribution in [-0.4, -0.2) is 49.2 Å². The van der Waals surface area contributed by atoms with E-state index in [1.54, 1.807) is 0 Å². The molecular formula is C8H21O5Ti-. The Morgan fingerprint density at radius 1 is 1.14 bits per heavy atom. The molecule has 0 aliphatic rings. The summed E-state index contributed by atoms with van der Waals surface area (Å²) < 4.78 is 4.49. The van der Waals surface area contributed by atoms with Gasteiger partial charge in [-0.2, -0.15) is 0 Å². The maximum atomic E-state index is 9.95. The molecule has 0 fully saturated rings. The van der Waals surface area contributed by atoms with Gasteiger partial charge in [0.25, 0.3) is 0 Å². The summed E-state index contributed by atoms with van der Waals surface area (Å²) in [6, 6.07) is 0. The third-order valence-corrected chi connectivity index (χ3v) is 0.450. The minimum atomic E-state index is -0.233. The molecule has 0 rings (SSSR count). The van der Waals surface area contributed by atoms with Crippen LogP contribution in [0.25, 0.3) is 0 Å². The van der Waals surface area contributed by atoms with E-state index in [4.69, 9.17) is 15.3 Å². The summed E-state index contributed by atoms with van der Waals surface area (Å²) in [6.07, 6.45) is 0.652. The largest absolute Gasteiger partial charge is 0.469 e. The first-order valence-corrected chi connectivity index (χ1v) is 3.54. The van der Waals surface area contributed by atoms with E-state index in [0.29, 0.717) is 13.0 Å². The summed E-state index contributed by atoms with van der Waals surface area (Å²) in [6.45, 7) is 5.30. The fourth-order valence-electron chi connectivity index (χ4n) is 0.216. The number of esters is 1. The van der Waals surface area contributed by atoms with Crippen LogP contribution < -0.4 is 0 Å². The van der Waals surface area contributed by atoms with Crippen molar-refractivity contribution in [1.82, 2.24) is 0 Å². The Bertz CT molecular complexity index is 70.8. The van der Waals surface area contributed by atoms with E-state index in [0.717, 1.165) is 21.3 Å². The van der Waals surface area contributed by atoms with E-state index in [9.17, 15) is 4.79 Å². The zero-order valence-corrected chi connectivity index (χ0v) is 10.8. The van der Waals surface area contributed by atoms with Gasteiger partial charge in [-0.3, -0.25) is 4.79 Å². The van der Waals surface area contributed by atoms with Crippen LogP contribution in [-0.2, 0) is 31.2 Å². The average Bonchev–Trinajstić information content (AvgIpc) is 2.24. The molecular weight excluding hydrogens is 224 g/mol. The molecule has 0 saturated heterocycles. The Balaban J connectivity index is -0.0000000332. The smallest absolute Gasteiger partial charge is 0.302 e. The molecule has 6 heteroatoms. The molecule has 0 radical (unpaired) electrons. The molecule has 0 aromatic rings. The summed E-state index contributed by atoms with van der Waals surface area (Å²) in [4.78, 5) is 9.95. The van der Waals surface area contributed by atoms with Crippen LogP contribution in [0.15, 0.2) is 0 Å². The number of carbonyl (C=O) groups excluding carboxylic acids is 1. The van der Waals surface area contributed by atoms with Gasteiger partial charge in [-0.25, -0.2) is 0 Å². The van der Waals surface area contributed by atoms with Gasteiger partial charge in [0.15, 0.2) is 0 Å². The van der Waals surface area contributed by atoms with E-state index >= 15 is 0 Å². The molecule has 0 aromatic heterocycles. The molecule has 0 aliphatic heterocycles. The first-order valence-electron chi connectivity index (χ1n) is 3.54. The van der Waals surface area contributed by atoms with Crippen LogP contribution in [0.2, 0.25) is 0 Å². The van der Waals surface area contributed by atoms with E-state index in [1.165, 1.54) is 6.92 Å². The van der Waals surface area contributed by atoms with Crippen molar-refractivity contribution in [2.24, 2.45) is 0 Å². The van der Waals surface area contributed by atoms with Crippen LogP contribution in [0.1, 0.15) is 13.3 Å². The van der Waals surface area contributed by atoms with Crippen molar-refractivity contribution in [3.63, 3.8) is 0 Å². The number of aliphatic hydroxyl groups excluding tert-OH is 3. The normalized spacial score (nSPS) is 5.43. The number of ether oxygens (including phenoxy) is 1. The molecule has 0 bridgehead atoms. The fourth-order valence-corrected chi connectivity index (χ4v) is 0.216. The molecule has 0 aliphatic carbocycles. The SMILES string of the molecule is CO.CO.CO.[CH2-]CCOC(C)=O.[Ti]. The monoisotopic (exact) mass is 245 g/mol. The Morgan fingerprint density at radius 3 is 1.50 bits per heavy atom. The molecule has 0 amide bonds. The standard InChI is InChI=1S/C5H9O2.3CH4O.Ti/c1-3-4-7-5(2)6;3*1-2;/h1,3-4H2,2H3;3*2H,1H3;/q-1;;;;. The van der Waals surface area contributed by atoms with Gasteiger partial charge in [0, 0.05) is 50.0 Å². The molecule has 0 spiro atoms. The Labute approximate surface area is 101 Å². The van der Waals surface area contributed by atoms with Gasteiger partial charge in [-0.05, 0) is 0 Å². The second-order valence-electron chi connectivity index (χ2n) is 1.19. The van der Waals surface area contributed by atoms with Gasteiger partial charge in [0.05, 0.1) is 6.61 Å². The zero-order chi connectivity index (χ0) is 11.7. The average molecular weight is 245 g/mol. The summed E-state index contributed by atoms with van der Waals surface area (Å²) in [5, 5.41) is 21.0. The molecule has 3 N–H and O–H groups in total. The summed E-state index contributed by atoms with van der Waals surface area (Å²) in [7, 11) is 3.00. The van der Waals surface area contributed by atoms with Crippen LogP contribution in [0, 0.1) is 6.92 Å². The summed E-state index contributed by atoms with van der Waals surface area (Å²) >= 11 is 0. The molecule has 0 aromatic carbocycles. The topological polar surface area (TPSA) is 87.0 Å². The zero-order valence-electron chi connectivity index (χ0n) is 9.28. The first-order chi connectivity index (χ1) is 6.27. The maximum absolute atomic E-state index is 9.95. The fraction of sp³-hybridized carbons (Fsp3) is 0.750. The molecule has 0 saturated carbocycles. The third kappa shape index (κ3) is 89.4. The first kappa shape index (κ1) is 29.2. The number of hydrogen-bond acceptors (Lipinski definition) is 5. The Morgan fingerprint density at radius 2 is 1.43 bits per heavy atom. The maximum Gasteiger partial charge on any atom is 0.302 e. The van der Waals surface area contributed by atoms with Crippen molar-refractivity contribution in [2.45, 2.75) is 13.3 Å². The number of carbonyl (C=O) groups is 1. The Kier molecular flexibility index (Phi) is 108. The minimum Gasteiger partial charge on any atom is -0.469 e. The number of rotatable bonds is 2. The molecule has 14 heavy (non-hydrogen) atoms. The van der Waals surface area contributed by atoms with Crippen LogP contribution >= 0.6 is 0 Å². The second kappa shape index (κ2) is 51.7. The number of hydrogen-bond donors (Lipinski definition) is 3. The van der Waals surface area contributed by atoms with Crippen molar-refractivity contribution in [2.75, 3.05) is 27.9 Å². The van der Waals surface area contributed by atoms with E-state index in [2.05, 4.69) is 11.7 Å². The van der Waals surface area contributed by atoms with Crippen molar-refractivity contribution < 1.29 is 46.6 Å². The van der Waals surface area contributed by atoms with E-state index in [-0.39, 0.29) is 27.7 Å². The van der Waals surface area contributed by atoms with Crippen molar-refractivity contribution >= 4 is 5.97 Å². The number of aliphatic hydroxyl groups is 3. The molecule has 0 atom stereocenters. The molecule has 0 unspecified atom stereocenters. The van der Waals surface area contributed by atoms with Crippen LogP contribution in [0.5, 0.6) is 0 Å². The van der Waals surface area contributed by atoms with Gasteiger partial charge in [0.1, 0.15) is 0 Å². The van der Waals surface area contributed by atoms with Gasteiger partial charge in [-0.1, -0.05) is 0 Å². The van der Waals surface area contributed by atoms with Gasteiger partial charge < -0.3 is 27.0 Å². The molecule has 5 nitrogen and oxygen atoms in total. The van der Waals surface area contributed by atoms with Crippen LogP contribution in [0.3, 0.4) is 0 Å². The summed E-state index contributed by atoms with van der Waals surface area (Å²) in [5.41, 5.74) is 0.